The normalized spacial score (nSPS) is 9.92. The van der Waals surface area contributed by atoms with E-state index in [1.54, 1.807) is 11.3 Å². The van der Waals surface area contributed by atoms with Gasteiger partial charge in [0.2, 0.25) is 0 Å². The molecule has 0 amide bonds. The predicted molar refractivity (Wildman–Crippen MR) is 59.9 cm³/mol. The van der Waals surface area contributed by atoms with Crippen LogP contribution in [0, 0.1) is 0 Å². The Hall–Kier alpha value is -0.723. The highest BCUT2D eigenvalue weighted by atomic mass is 32.4. The Labute approximate surface area is 84.5 Å². The van der Waals surface area contributed by atoms with Crippen LogP contribution in [-0.4, -0.2) is 22.8 Å². The van der Waals surface area contributed by atoms with Crippen LogP contribution in [0.15, 0.2) is 29.8 Å². The number of rotatable bonds is 0. The van der Waals surface area contributed by atoms with Crippen molar-refractivity contribution in [2.75, 3.05) is 0 Å². The molecule has 1 aromatic carbocycles. The van der Waals surface area contributed by atoms with Crippen molar-refractivity contribution in [3.63, 3.8) is 0 Å². The highest BCUT2D eigenvalue weighted by molar-refractivity contribution is 7.96. The van der Waals surface area contributed by atoms with Gasteiger partial charge in [0, 0.05) is 0 Å². The van der Waals surface area contributed by atoms with Gasteiger partial charge in [0.1, 0.15) is 19.5 Å². The number of hydrogen-bond acceptors (Lipinski definition) is 4. The third kappa shape index (κ3) is 3.66. The van der Waals surface area contributed by atoms with Gasteiger partial charge in [0.15, 0.2) is 0 Å². The molecule has 1 heterocycles. The molecule has 0 saturated carbocycles. The number of thiazole rings is 1. The molecular weight excluding hydrogens is 222 g/mol. The molecule has 6 heteroatoms. The highest BCUT2D eigenvalue weighted by Gasteiger charge is 1.89. The molecule has 0 aliphatic rings. The summed E-state index contributed by atoms with van der Waals surface area (Å²) in [7, 11) is -1.68. The second-order valence-corrected chi connectivity index (χ2v) is 6.22. The molecule has 2 aromatic rings. The number of fused-ring (bicyclic) bond motifs is 1. The van der Waals surface area contributed by atoms with Crippen molar-refractivity contribution in [2.24, 2.45) is 0 Å². The quantitative estimate of drug-likeness (QED) is 0.519. The molecule has 0 bridgehead atoms. The standard InChI is InChI=1S/C7H5NS.H4O2SSi/c1-2-4-7-6(3-1)8-5-9-7;1-3(2)4/h1-5H;3H,4H3. The second-order valence-electron chi connectivity index (χ2n) is 2.26. The van der Waals surface area contributed by atoms with Crippen molar-refractivity contribution in [1.29, 1.82) is 0 Å². The van der Waals surface area contributed by atoms with Crippen molar-refractivity contribution in [3.05, 3.63) is 29.8 Å². The summed E-state index contributed by atoms with van der Waals surface area (Å²) in [5.74, 6) is 0. The lowest BCUT2D eigenvalue weighted by Gasteiger charge is -1.80. The molecule has 0 aliphatic carbocycles. The van der Waals surface area contributed by atoms with Crippen LogP contribution in [0.1, 0.15) is 0 Å². The van der Waals surface area contributed by atoms with Crippen molar-refractivity contribution in [1.82, 2.24) is 4.98 Å². The Bertz CT molecular complexity index is 414. The van der Waals surface area contributed by atoms with E-state index >= 15 is 0 Å². The fraction of sp³-hybridized carbons (Fsp3) is 0. The molecule has 0 fully saturated rings. The summed E-state index contributed by atoms with van der Waals surface area (Å²) >= 11 is 1.68. The SMILES string of the molecule is O=[SH](=O)[SiH3].c1ccc2scnc2c1. The molecule has 0 spiro atoms. The van der Waals surface area contributed by atoms with Crippen molar-refractivity contribution in [2.45, 2.75) is 0 Å². The number of thiol groups is 1. The Morgan fingerprint density at radius 1 is 1.31 bits per heavy atom. The first-order valence-electron chi connectivity index (χ1n) is 3.56. The first-order valence-corrected chi connectivity index (χ1v) is 8.75. The van der Waals surface area contributed by atoms with E-state index in [0.717, 1.165) is 5.52 Å². The van der Waals surface area contributed by atoms with Gasteiger partial charge in [-0.25, -0.2) is 13.4 Å². The molecule has 70 valence electrons. The van der Waals surface area contributed by atoms with Gasteiger partial charge in [0.25, 0.3) is 0 Å². The van der Waals surface area contributed by atoms with E-state index in [-0.39, 0.29) is 0 Å². The zero-order valence-corrected chi connectivity index (χ0v) is 10.7. The Kier molecular flexibility index (Phi) is 4.07. The topological polar surface area (TPSA) is 47.0 Å². The monoisotopic (exact) mass is 231 g/mol. The Morgan fingerprint density at radius 3 is 2.54 bits per heavy atom. The Morgan fingerprint density at radius 2 is 1.92 bits per heavy atom. The maximum atomic E-state index is 9.10. The van der Waals surface area contributed by atoms with Crippen LogP contribution in [0.3, 0.4) is 0 Å². The molecule has 0 saturated heterocycles. The Balaban J connectivity index is 0.000000184. The van der Waals surface area contributed by atoms with E-state index in [1.165, 1.54) is 4.70 Å². The van der Waals surface area contributed by atoms with Crippen molar-refractivity contribution >= 4 is 41.1 Å². The summed E-state index contributed by atoms with van der Waals surface area (Å²) in [6, 6.07) is 8.13. The molecule has 3 nitrogen and oxygen atoms in total. The van der Waals surface area contributed by atoms with Crippen LogP contribution in [0.4, 0.5) is 0 Å². The predicted octanol–water partition coefficient (Wildman–Crippen LogP) is 0.175. The summed E-state index contributed by atoms with van der Waals surface area (Å²) in [5.41, 5.74) is 2.97. The van der Waals surface area contributed by atoms with Crippen molar-refractivity contribution in [3.8, 4) is 0 Å². The van der Waals surface area contributed by atoms with E-state index in [4.69, 9.17) is 8.42 Å². The van der Waals surface area contributed by atoms with Gasteiger partial charge in [-0.05, 0) is 12.1 Å². The molecular formula is C7H9NO2S2Si. The van der Waals surface area contributed by atoms with Gasteiger partial charge >= 0.3 is 0 Å². The number of nitrogens with zero attached hydrogens (tertiary/aromatic N) is 1. The van der Waals surface area contributed by atoms with Crippen LogP contribution >= 0.6 is 11.3 Å². The zero-order valence-electron chi connectivity index (χ0n) is 7.01. The zero-order chi connectivity index (χ0) is 9.68. The van der Waals surface area contributed by atoms with Gasteiger partial charge in [-0.2, -0.15) is 0 Å². The van der Waals surface area contributed by atoms with E-state index in [0.29, 0.717) is 9.39 Å². The van der Waals surface area contributed by atoms with Gasteiger partial charge < -0.3 is 0 Å². The van der Waals surface area contributed by atoms with E-state index in [1.807, 2.05) is 23.7 Å². The van der Waals surface area contributed by atoms with Crippen molar-refractivity contribution < 1.29 is 8.42 Å². The van der Waals surface area contributed by atoms with Crippen LogP contribution in [-0.2, 0) is 10.2 Å². The van der Waals surface area contributed by atoms with Crippen LogP contribution < -0.4 is 0 Å². The largest absolute Gasteiger partial charge is 0.245 e. The average molecular weight is 231 g/mol. The van der Waals surface area contributed by atoms with Gasteiger partial charge in [-0.15, -0.1) is 11.3 Å². The van der Waals surface area contributed by atoms with E-state index in [9.17, 15) is 0 Å². The number of para-hydroxylation sites is 1. The number of hydrogen-bond donors (Lipinski definition) is 1. The minimum atomic E-state index is -1.98. The molecule has 0 atom stereocenters. The number of benzene rings is 1. The molecule has 0 N–H and O–H groups in total. The van der Waals surface area contributed by atoms with E-state index < -0.39 is 10.2 Å². The summed E-state index contributed by atoms with van der Waals surface area (Å²) in [5, 5.41) is 0. The van der Waals surface area contributed by atoms with Gasteiger partial charge in [0.05, 0.1) is 15.7 Å². The highest BCUT2D eigenvalue weighted by Crippen LogP contribution is 2.15. The summed E-state index contributed by atoms with van der Waals surface area (Å²) in [6.07, 6.45) is 0. The van der Waals surface area contributed by atoms with Gasteiger partial charge in [-0.1, -0.05) is 12.1 Å². The third-order valence-electron chi connectivity index (χ3n) is 1.24. The number of aromatic nitrogens is 1. The molecule has 0 unspecified atom stereocenters. The average Bonchev–Trinajstić information content (AvgIpc) is 2.49. The first kappa shape index (κ1) is 10.4. The molecule has 1 aromatic heterocycles. The minimum absolute atomic E-state index is 0.302. The smallest absolute Gasteiger partial charge is 0.145 e. The third-order valence-corrected chi connectivity index (χ3v) is 2.05. The fourth-order valence-corrected chi connectivity index (χ4v) is 1.48. The lowest BCUT2D eigenvalue weighted by atomic mass is 10.3. The maximum absolute atomic E-state index is 9.10. The molecule has 2 rings (SSSR count). The lowest BCUT2D eigenvalue weighted by molar-refractivity contribution is 0.626. The first-order chi connectivity index (χ1) is 6.20. The van der Waals surface area contributed by atoms with Crippen LogP contribution in [0.25, 0.3) is 10.2 Å². The molecule has 0 aliphatic heterocycles. The summed E-state index contributed by atoms with van der Waals surface area (Å²) in [4.78, 5) is 4.14. The van der Waals surface area contributed by atoms with Crippen LogP contribution in [0.5, 0.6) is 0 Å². The fourth-order valence-electron chi connectivity index (χ4n) is 0.803. The summed E-state index contributed by atoms with van der Waals surface area (Å²) in [6.45, 7) is 0. The minimum Gasteiger partial charge on any atom is -0.245 e. The summed E-state index contributed by atoms with van der Waals surface area (Å²) < 4.78 is 19.5. The lowest BCUT2D eigenvalue weighted by Crippen LogP contribution is -1.61. The maximum Gasteiger partial charge on any atom is 0.145 e. The van der Waals surface area contributed by atoms with Crippen LogP contribution in [0.2, 0.25) is 0 Å². The van der Waals surface area contributed by atoms with E-state index in [2.05, 4.69) is 11.1 Å². The second kappa shape index (κ2) is 5.10. The van der Waals surface area contributed by atoms with Gasteiger partial charge in [-0.3, -0.25) is 0 Å². The molecule has 13 heavy (non-hydrogen) atoms. The molecule has 0 radical (unpaired) electrons.